The van der Waals surface area contributed by atoms with Gasteiger partial charge in [-0.05, 0) is 12.8 Å². The molecule has 0 aliphatic carbocycles. The molecule has 0 amide bonds. The molecular formula is C12H20K2N2O6S6. The van der Waals surface area contributed by atoms with Crippen LogP contribution in [0.3, 0.4) is 0 Å². The van der Waals surface area contributed by atoms with Crippen LogP contribution in [0.1, 0.15) is 12.8 Å². The quantitative estimate of drug-likeness (QED) is 0.122. The van der Waals surface area contributed by atoms with Gasteiger partial charge < -0.3 is 18.9 Å². The average Bonchev–Trinajstić information content (AvgIpc) is 2.53. The van der Waals surface area contributed by atoms with Gasteiger partial charge in [-0.2, -0.15) is 0 Å². The van der Waals surface area contributed by atoms with E-state index < -0.39 is 20.2 Å². The van der Waals surface area contributed by atoms with E-state index >= 15 is 0 Å². The van der Waals surface area contributed by atoms with E-state index in [1.165, 1.54) is 23.5 Å². The summed E-state index contributed by atoms with van der Waals surface area (Å²) in [6.45, 7) is 2.73. The Morgan fingerprint density at radius 1 is 0.750 bits per heavy atom. The molecule has 0 aromatic heterocycles. The van der Waals surface area contributed by atoms with Crippen molar-refractivity contribution in [3.63, 3.8) is 0 Å². The van der Waals surface area contributed by atoms with Crippen molar-refractivity contribution >= 4 is 76.8 Å². The van der Waals surface area contributed by atoms with Crippen LogP contribution in [0.15, 0.2) is 0 Å². The van der Waals surface area contributed by atoms with Gasteiger partial charge in [-0.3, -0.25) is 0 Å². The predicted molar refractivity (Wildman–Crippen MR) is 112 cm³/mol. The zero-order valence-electron chi connectivity index (χ0n) is 15.9. The molecule has 1 fully saturated rings. The molecule has 28 heavy (non-hydrogen) atoms. The monoisotopic (exact) mass is 558 g/mol. The van der Waals surface area contributed by atoms with Gasteiger partial charge in [0.25, 0.3) is 0 Å². The Labute approximate surface area is 271 Å². The van der Waals surface area contributed by atoms with Crippen molar-refractivity contribution < 1.29 is 129 Å². The van der Waals surface area contributed by atoms with Crippen molar-refractivity contribution in [2.75, 3.05) is 49.2 Å². The van der Waals surface area contributed by atoms with E-state index in [0.717, 1.165) is 0 Å². The van der Waals surface area contributed by atoms with Crippen LogP contribution in [0, 0.1) is 0 Å². The Hall–Kier alpha value is 3.57. The average molecular weight is 559 g/mol. The molecule has 1 aliphatic heterocycles. The molecule has 1 heterocycles. The van der Waals surface area contributed by atoms with E-state index in [1.54, 1.807) is 0 Å². The van der Waals surface area contributed by atoms with Crippen LogP contribution in [-0.4, -0.2) is 93.6 Å². The molecule has 16 heteroatoms. The topological polar surface area (TPSA) is 121 Å². The largest absolute Gasteiger partial charge is 1.00 e. The standard InChI is InChI=1S/C12H22N2O6S6.2K/c15-25(16,17)9-1-7-23-11(21)13-3-5-14(6-4-13)12(22)24-8-2-10-26(18,19)20;;/h1-10H2,(H,15,16,17)(H,18,19,20);;/q;2*+1/p-2. The smallest absolute Gasteiger partial charge is 0.748 e. The van der Waals surface area contributed by atoms with Crippen molar-refractivity contribution in [2.45, 2.75) is 12.8 Å². The number of thioether (sulfide) groups is 2. The van der Waals surface area contributed by atoms with Crippen LogP contribution in [-0.2, 0) is 20.2 Å². The van der Waals surface area contributed by atoms with Gasteiger partial charge in [-0.15, -0.1) is 0 Å². The van der Waals surface area contributed by atoms with Gasteiger partial charge in [-0.1, -0.05) is 48.0 Å². The van der Waals surface area contributed by atoms with Gasteiger partial charge in [0.2, 0.25) is 0 Å². The first-order valence-corrected chi connectivity index (χ1v) is 13.6. The van der Waals surface area contributed by atoms with Gasteiger partial charge in [0.15, 0.2) is 0 Å². The summed E-state index contributed by atoms with van der Waals surface area (Å²) in [4.78, 5) is 4.03. The van der Waals surface area contributed by atoms with E-state index in [9.17, 15) is 25.9 Å². The SMILES string of the molecule is O=S(=O)([O-])CCCSC(=S)N1CCN(C(=S)SCCCS(=O)(=O)[O-])CC1.[K+].[K+]. The van der Waals surface area contributed by atoms with Crippen LogP contribution < -0.4 is 103 Å². The van der Waals surface area contributed by atoms with Crippen molar-refractivity contribution in [3.05, 3.63) is 0 Å². The van der Waals surface area contributed by atoms with Gasteiger partial charge >= 0.3 is 103 Å². The summed E-state index contributed by atoms with van der Waals surface area (Å²) in [7, 11) is -8.35. The summed E-state index contributed by atoms with van der Waals surface area (Å²) >= 11 is 13.4. The van der Waals surface area contributed by atoms with Crippen LogP contribution in [0.4, 0.5) is 0 Å². The maximum Gasteiger partial charge on any atom is 1.00 e. The fraction of sp³-hybridized carbons (Fsp3) is 0.833. The molecule has 1 aliphatic rings. The Kier molecular flexibility index (Phi) is 20.6. The Bertz CT molecular complexity index is 637. The zero-order valence-corrected chi connectivity index (χ0v) is 27.0. The summed E-state index contributed by atoms with van der Waals surface area (Å²) < 4.78 is 64.6. The molecule has 1 rings (SSSR count). The summed E-state index contributed by atoms with van der Waals surface area (Å²) in [5.74, 6) is 0.208. The van der Waals surface area contributed by atoms with Crippen molar-refractivity contribution in [1.29, 1.82) is 0 Å². The Balaban J connectivity index is 0. The summed E-state index contributed by atoms with van der Waals surface area (Å²) in [6, 6.07) is 0. The molecule has 0 atom stereocenters. The van der Waals surface area contributed by atoms with E-state index in [0.29, 0.717) is 46.3 Å². The van der Waals surface area contributed by atoms with Gasteiger partial charge in [0.05, 0.1) is 20.2 Å². The number of thiocarbonyl (C=S) groups is 2. The first-order chi connectivity index (χ1) is 12.0. The predicted octanol–water partition coefficient (Wildman–Crippen LogP) is -5.48. The van der Waals surface area contributed by atoms with Crippen molar-refractivity contribution in [2.24, 2.45) is 0 Å². The van der Waals surface area contributed by atoms with Crippen LogP contribution >= 0.6 is 48.0 Å². The second-order valence-electron chi connectivity index (χ2n) is 5.43. The van der Waals surface area contributed by atoms with Crippen LogP contribution in [0.2, 0.25) is 0 Å². The molecule has 0 unspecified atom stereocenters. The van der Waals surface area contributed by atoms with E-state index in [-0.39, 0.29) is 127 Å². The minimum absolute atomic E-state index is 0. The van der Waals surface area contributed by atoms with E-state index in [1.807, 2.05) is 9.80 Å². The minimum atomic E-state index is -4.18. The van der Waals surface area contributed by atoms with Gasteiger partial charge in [0.1, 0.15) is 8.64 Å². The first-order valence-electron chi connectivity index (χ1n) is 7.68. The van der Waals surface area contributed by atoms with Crippen LogP contribution in [0.5, 0.6) is 0 Å². The van der Waals surface area contributed by atoms with Crippen molar-refractivity contribution in [1.82, 2.24) is 9.80 Å². The molecule has 8 nitrogen and oxygen atoms in total. The number of hydrogen-bond acceptors (Lipinski definition) is 10. The number of hydrogen-bond donors (Lipinski definition) is 0. The molecule has 1 saturated heterocycles. The molecule has 0 aromatic rings. The van der Waals surface area contributed by atoms with E-state index in [2.05, 4.69) is 0 Å². The molecule has 0 radical (unpaired) electrons. The molecule has 0 N–H and O–H groups in total. The second kappa shape index (κ2) is 17.1. The number of piperazine rings is 1. The molecule has 152 valence electrons. The maximum atomic E-state index is 10.5. The summed E-state index contributed by atoms with van der Waals surface area (Å²) in [6.07, 6.45) is 0.548. The molecule has 0 bridgehead atoms. The normalized spacial score (nSPS) is 14.8. The fourth-order valence-corrected chi connectivity index (χ4v) is 5.93. The maximum absolute atomic E-state index is 10.5. The first kappa shape index (κ1) is 33.7. The molecular weight excluding hydrogens is 539 g/mol. The third kappa shape index (κ3) is 17.1. The van der Waals surface area contributed by atoms with Crippen molar-refractivity contribution in [3.8, 4) is 0 Å². The third-order valence-electron chi connectivity index (χ3n) is 3.32. The Morgan fingerprint density at radius 3 is 1.29 bits per heavy atom. The summed E-state index contributed by atoms with van der Waals surface area (Å²) in [5.41, 5.74) is 0. The number of nitrogens with zero attached hydrogens (tertiary/aromatic N) is 2. The molecule has 0 saturated carbocycles. The molecule has 0 spiro atoms. The zero-order chi connectivity index (χ0) is 19.8. The fourth-order valence-electron chi connectivity index (χ4n) is 2.04. The van der Waals surface area contributed by atoms with Crippen LogP contribution in [0.25, 0.3) is 0 Å². The third-order valence-corrected chi connectivity index (χ3v) is 8.12. The second-order valence-corrected chi connectivity index (χ2v) is 11.9. The molecule has 0 aromatic carbocycles. The van der Waals surface area contributed by atoms with Gasteiger partial charge in [0, 0.05) is 49.2 Å². The van der Waals surface area contributed by atoms with E-state index in [4.69, 9.17) is 24.4 Å². The number of rotatable bonds is 8. The summed E-state index contributed by atoms with van der Waals surface area (Å²) in [5, 5.41) is 0. The minimum Gasteiger partial charge on any atom is -0.748 e. The van der Waals surface area contributed by atoms with Gasteiger partial charge in [-0.25, -0.2) is 16.8 Å². The Morgan fingerprint density at radius 2 is 1.04 bits per heavy atom.